The van der Waals surface area contributed by atoms with Crippen LogP contribution >= 0.6 is 22.7 Å². The van der Waals surface area contributed by atoms with Crippen molar-refractivity contribution in [3.63, 3.8) is 0 Å². The van der Waals surface area contributed by atoms with Crippen LogP contribution in [0.2, 0.25) is 0 Å². The second-order valence-corrected chi connectivity index (χ2v) is 8.21. The second-order valence-electron chi connectivity index (χ2n) is 6.15. The average Bonchev–Trinajstić information content (AvgIpc) is 3.35. The molecule has 0 saturated carbocycles. The highest BCUT2D eigenvalue weighted by Crippen LogP contribution is 2.20. The van der Waals surface area contributed by atoms with Gasteiger partial charge < -0.3 is 20.5 Å². The summed E-state index contributed by atoms with van der Waals surface area (Å²) < 4.78 is 5.16. The number of carbonyl (C=O) groups is 2. The molecule has 146 valence electrons. The first kappa shape index (κ1) is 19.9. The van der Waals surface area contributed by atoms with Crippen LogP contribution in [0.1, 0.15) is 15.3 Å². The molecule has 0 aliphatic carbocycles. The van der Waals surface area contributed by atoms with E-state index in [0.717, 1.165) is 15.3 Å². The Labute approximate surface area is 170 Å². The van der Waals surface area contributed by atoms with Gasteiger partial charge in [0.1, 0.15) is 5.75 Å². The third-order valence-electron chi connectivity index (χ3n) is 4.06. The van der Waals surface area contributed by atoms with Crippen molar-refractivity contribution in [1.29, 1.82) is 0 Å². The number of amides is 2. The van der Waals surface area contributed by atoms with Crippen molar-refractivity contribution in [1.82, 2.24) is 4.90 Å². The van der Waals surface area contributed by atoms with E-state index in [1.165, 1.54) is 12.1 Å². The minimum atomic E-state index is -1.04. The van der Waals surface area contributed by atoms with Crippen LogP contribution in [0.25, 0.3) is 0 Å². The Morgan fingerprint density at radius 2 is 1.57 bits per heavy atom. The normalized spacial score (nSPS) is 11.7. The molecule has 0 radical (unpaired) electrons. The van der Waals surface area contributed by atoms with Gasteiger partial charge in [0.2, 0.25) is 0 Å². The Balaban J connectivity index is 1.82. The van der Waals surface area contributed by atoms with Gasteiger partial charge in [-0.25, -0.2) is 4.79 Å². The van der Waals surface area contributed by atoms with Crippen LogP contribution < -0.4 is 5.73 Å². The fourth-order valence-electron chi connectivity index (χ4n) is 2.76. The number of thiophene rings is 2. The number of phenols is 1. The van der Waals surface area contributed by atoms with E-state index in [1.807, 2.05) is 35.0 Å². The average molecular weight is 417 g/mol. The van der Waals surface area contributed by atoms with Gasteiger partial charge in [0.15, 0.2) is 6.10 Å². The molecule has 0 aliphatic heterocycles. The summed E-state index contributed by atoms with van der Waals surface area (Å²) in [5.74, 6) is -0.187. The van der Waals surface area contributed by atoms with E-state index in [0.29, 0.717) is 13.1 Å². The fraction of sp³-hybridized carbons (Fsp3) is 0.200. The molecule has 2 amide bonds. The smallest absolute Gasteiger partial charge is 0.405 e. The van der Waals surface area contributed by atoms with Crippen molar-refractivity contribution in [3.8, 4) is 5.75 Å². The van der Waals surface area contributed by atoms with E-state index in [1.54, 1.807) is 39.7 Å². The van der Waals surface area contributed by atoms with Crippen molar-refractivity contribution < 1.29 is 19.4 Å². The number of hydrogen-bond acceptors (Lipinski definition) is 6. The molecule has 0 unspecified atom stereocenters. The Morgan fingerprint density at radius 1 is 1.00 bits per heavy atom. The van der Waals surface area contributed by atoms with Crippen molar-refractivity contribution in [2.24, 2.45) is 5.73 Å². The molecule has 1 aromatic carbocycles. The highest BCUT2D eigenvalue weighted by Gasteiger charge is 2.28. The first-order valence-electron chi connectivity index (χ1n) is 8.59. The van der Waals surface area contributed by atoms with Crippen LogP contribution in [0.15, 0.2) is 59.3 Å². The summed E-state index contributed by atoms with van der Waals surface area (Å²) in [5, 5.41) is 13.4. The SMILES string of the molecule is NC(=O)O[C@@H](Cc1ccc(O)cc1)C(=O)N(Cc1cccs1)Cc1cccs1. The van der Waals surface area contributed by atoms with Gasteiger partial charge in [0.25, 0.3) is 5.91 Å². The van der Waals surface area contributed by atoms with Gasteiger partial charge in [-0.3, -0.25) is 4.79 Å². The number of nitrogens with zero attached hydrogens (tertiary/aromatic N) is 1. The molecule has 3 rings (SSSR count). The Morgan fingerprint density at radius 3 is 2.04 bits per heavy atom. The van der Waals surface area contributed by atoms with E-state index >= 15 is 0 Å². The lowest BCUT2D eigenvalue weighted by Crippen LogP contribution is -2.42. The predicted octanol–water partition coefficient (Wildman–Crippen LogP) is 3.75. The number of benzene rings is 1. The zero-order chi connectivity index (χ0) is 19.9. The first-order valence-corrected chi connectivity index (χ1v) is 10.3. The van der Waals surface area contributed by atoms with Crippen molar-refractivity contribution in [3.05, 3.63) is 74.6 Å². The maximum absolute atomic E-state index is 13.3. The monoisotopic (exact) mass is 416 g/mol. The van der Waals surface area contributed by atoms with Gasteiger partial charge in [-0.15, -0.1) is 22.7 Å². The molecule has 0 fully saturated rings. The van der Waals surface area contributed by atoms with E-state index in [-0.39, 0.29) is 18.1 Å². The van der Waals surface area contributed by atoms with Crippen molar-refractivity contribution in [2.75, 3.05) is 0 Å². The molecular formula is C20H20N2O4S2. The summed E-state index contributed by atoms with van der Waals surface area (Å²) in [6.45, 7) is 0.838. The topological polar surface area (TPSA) is 92.9 Å². The maximum Gasteiger partial charge on any atom is 0.405 e. The lowest BCUT2D eigenvalue weighted by molar-refractivity contribution is -0.141. The molecule has 3 N–H and O–H groups in total. The van der Waals surface area contributed by atoms with E-state index in [4.69, 9.17) is 10.5 Å². The van der Waals surface area contributed by atoms with E-state index in [2.05, 4.69) is 0 Å². The summed E-state index contributed by atoms with van der Waals surface area (Å²) in [7, 11) is 0. The Hall–Kier alpha value is -2.84. The molecule has 0 aliphatic rings. The molecule has 2 aromatic heterocycles. The third-order valence-corrected chi connectivity index (χ3v) is 5.78. The highest BCUT2D eigenvalue weighted by molar-refractivity contribution is 7.10. The molecule has 6 nitrogen and oxygen atoms in total. The summed E-state index contributed by atoms with van der Waals surface area (Å²) in [6, 6.07) is 14.2. The largest absolute Gasteiger partial charge is 0.508 e. The number of ether oxygens (including phenoxy) is 1. The standard InChI is InChI=1S/C20H20N2O4S2/c21-20(25)26-18(11-14-5-7-15(23)8-6-14)19(24)22(12-16-3-1-9-27-16)13-17-4-2-10-28-17/h1-10,18,23H,11-13H2,(H2,21,25)/t18-/m0/s1. The summed E-state index contributed by atoms with van der Waals surface area (Å²) >= 11 is 3.12. The first-order chi connectivity index (χ1) is 13.5. The maximum atomic E-state index is 13.3. The molecule has 28 heavy (non-hydrogen) atoms. The number of aromatic hydroxyl groups is 1. The van der Waals surface area contributed by atoms with Crippen LogP contribution in [-0.4, -0.2) is 28.1 Å². The molecular weight excluding hydrogens is 396 g/mol. The van der Waals surface area contributed by atoms with E-state index < -0.39 is 12.2 Å². The van der Waals surface area contributed by atoms with Gasteiger partial charge in [-0.2, -0.15) is 0 Å². The van der Waals surface area contributed by atoms with Crippen LogP contribution in [0.5, 0.6) is 5.75 Å². The van der Waals surface area contributed by atoms with Crippen LogP contribution in [-0.2, 0) is 29.0 Å². The Kier molecular flexibility index (Phi) is 6.67. The van der Waals surface area contributed by atoms with Gasteiger partial charge in [0.05, 0.1) is 13.1 Å². The number of rotatable bonds is 8. The third kappa shape index (κ3) is 5.58. The van der Waals surface area contributed by atoms with Crippen molar-refractivity contribution in [2.45, 2.75) is 25.6 Å². The lowest BCUT2D eigenvalue weighted by Gasteiger charge is -2.26. The molecule has 3 aromatic rings. The fourth-order valence-corrected chi connectivity index (χ4v) is 4.20. The van der Waals surface area contributed by atoms with Gasteiger partial charge in [0, 0.05) is 16.2 Å². The predicted molar refractivity (Wildman–Crippen MR) is 109 cm³/mol. The minimum Gasteiger partial charge on any atom is -0.508 e. The molecule has 0 bridgehead atoms. The van der Waals surface area contributed by atoms with Crippen molar-refractivity contribution >= 4 is 34.7 Å². The minimum absolute atomic E-state index is 0.125. The summed E-state index contributed by atoms with van der Waals surface area (Å²) in [4.78, 5) is 28.4. The summed E-state index contributed by atoms with van der Waals surface area (Å²) in [5.41, 5.74) is 5.97. The number of primary amides is 1. The van der Waals surface area contributed by atoms with Crippen LogP contribution in [0.3, 0.4) is 0 Å². The van der Waals surface area contributed by atoms with Crippen LogP contribution in [0.4, 0.5) is 4.79 Å². The molecule has 1 atom stereocenters. The zero-order valence-electron chi connectivity index (χ0n) is 15.0. The van der Waals surface area contributed by atoms with Gasteiger partial charge >= 0.3 is 6.09 Å². The summed E-state index contributed by atoms with van der Waals surface area (Å²) in [6.07, 6.45) is -1.86. The second kappa shape index (κ2) is 9.38. The quantitative estimate of drug-likeness (QED) is 0.585. The number of hydrogen-bond donors (Lipinski definition) is 2. The number of phenolic OH excluding ortho intramolecular Hbond substituents is 1. The molecule has 0 spiro atoms. The van der Waals surface area contributed by atoms with Gasteiger partial charge in [-0.05, 0) is 40.6 Å². The number of carbonyl (C=O) groups excluding carboxylic acids is 2. The van der Waals surface area contributed by atoms with Gasteiger partial charge in [-0.1, -0.05) is 24.3 Å². The van der Waals surface area contributed by atoms with E-state index in [9.17, 15) is 14.7 Å². The highest BCUT2D eigenvalue weighted by atomic mass is 32.1. The Bertz CT molecular complexity index is 857. The van der Waals surface area contributed by atoms with Crippen LogP contribution in [0, 0.1) is 0 Å². The number of nitrogens with two attached hydrogens (primary N) is 1. The lowest BCUT2D eigenvalue weighted by atomic mass is 10.1. The molecule has 0 saturated heterocycles. The molecule has 2 heterocycles. The zero-order valence-corrected chi connectivity index (χ0v) is 16.6. The molecule has 8 heteroatoms.